The van der Waals surface area contributed by atoms with Crippen LogP contribution >= 0.6 is 24.0 Å². The standard InChI is InChI=1S/C18H28N4O.HI/c1-12-8-6-7-9-13(12)14-10-15(14)21-17(19-5)20-11-16(23)22-18(2,3)4;/h6-9,14-15H,10-11H2,1-5H3,(H,22,23)(H2,19,20,21);1H. The summed E-state index contributed by atoms with van der Waals surface area (Å²) in [6.07, 6.45) is 1.10. The Morgan fingerprint density at radius 2 is 1.96 bits per heavy atom. The van der Waals surface area contributed by atoms with Gasteiger partial charge in [0.2, 0.25) is 5.91 Å². The molecule has 1 fully saturated rings. The summed E-state index contributed by atoms with van der Waals surface area (Å²) in [5.74, 6) is 1.17. The van der Waals surface area contributed by atoms with E-state index in [0.717, 1.165) is 6.42 Å². The quantitative estimate of drug-likeness (QED) is 0.380. The molecular formula is C18H29IN4O. The zero-order valence-corrected chi connectivity index (χ0v) is 17.5. The maximum atomic E-state index is 11.9. The van der Waals surface area contributed by atoms with Gasteiger partial charge in [-0.05, 0) is 45.2 Å². The summed E-state index contributed by atoms with van der Waals surface area (Å²) >= 11 is 0. The van der Waals surface area contributed by atoms with Crippen LogP contribution in [0, 0.1) is 6.92 Å². The highest BCUT2D eigenvalue weighted by atomic mass is 127. The van der Waals surface area contributed by atoms with E-state index in [1.54, 1.807) is 7.05 Å². The van der Waals surface area contributed by atoms with Crippen molar-refractivity contribution in [3.63, 3.8) is 0 Å². The topological polar surface area (TPSA) is 65.5 Å². The minimum absolute atomic E-state index is 0. The number of guanidine groups is 1. The second-order valence-corrected chi connectivity index (χ2v) is 7.17. The lowest BCUT2D eigenvalue weighted by Crippen LogP contribution is -2.48. The van der Waals surface area contributed by atoms with E-state index in [1.165, 1.54) is 11.1 Å². The van der Waals surface area contributed by atoms with Crippen molar-refractivity contribution >= 4 is 35.8 Å². The summed E-state index contributed by atoms with van der Waals surface area (Å²) < 4.78 is 0. The number of hydrogen-bond donors (Lipinski definition) is 3. The molecule has 1 saturated carbocycles. The SMILES string of the molecule is CN=C(NCC(=O)NC(C)(C)C)NC1CC1c1ccccc1C.I. The van der Waals surface area contributed by atoms with Gasteiger partial charge in [-0.1, -0.05) is 24.3 Å². The molecule has 0 spiro atoms. The number of aliphatic imine (C=N–C) groups is 1. The first-order valence-corrected chi connectivity index (χ1v) is 8.14. The third-order valence-electron chi connectivity index (χ3n) is 3.85. The van der Waals surface area contributed by atoms with Gasteiger partial charge in [-0.25, -0.2) is 0 Å². The van der Waals surface area contributed by atoms with Crippen LogP contribution in [-0.4, -0.2) is 37.0 Å². The van der Waals surface area contributed by atoms with Crippen molar-refractivity contribution in [3.05, 3.63) is 35.4 Å². The number of rotatable bonds is 4. The Bertz CT molecular complexity index is 595. The first kappa shape index (κ1) is 20.7. The number of carbonyl (C=O) groups is 1. The van der Waals surface area contributed by atoms with Crippen molar-refractivity contribution in [1.29, 1.82) is 0 Å². The Hall–Kier alpha value is -1.31. The normalized spacial score (nSPS) is 20.0. The number of halogens is 1. The van der Waals surface area contributed by atoms with Crippen LogP contribution in [0.2, 0.25) is 0 Å². The Morgan fingerprint density at radius 3 is 2.54 bits per heavy atom. The molecule has 2 unspecified atom stereocenters. The second kappa shape index (κ2) is 8.69. The lowest BCUT2D eigenvalue weighted by Gasteiger charge is -2.21. The van der Waals surface area contributed by atoms with Crippen LogP contribution in [0.15, 0.2) is 29.3 Å². The molecule has 0 saturated heterocycles. The van der Waals surface area contributed by atoms with E-state index in [-0.39, 0.29) is 42.0 Å². The smallest absolute Gasteiger partial charge is 0.239 e. The van der Waals surface area contributed by atoms with E-state index in [4.69, 9.17) is 0 Å². The maximum absolute atomic E-state index is 11.9. The molecule has 1 aliphatic rings. The van der Waals surface area contributed by atoms with E-state index in [2.05, 4.69) is 52.1 Å². The number of hydrogen-bond acceptors (Lipinski definition) is 2. The molecule has 24 heavy (non-hydrogen) atoms. The largest absolute Gasteiger partial charge is 0.353 e. The maximum Gasteiger partial charge on any atom is 0.239 e. The average molecular weight is 444 g/mol. The van der Waals surface area contributed by atoms with Crippen LogP contribution in [0.4, 0.5) is 0 Å². The molecule has 1 amide bonds. The van der Waals surface area contributed by atoms with Crippen molar-refractivity contribution in [1.82, 2.24) is 16.0 Å². The monoisotopic (exact) mass is 444 g/mol. The van der Waals surface area contributed by atoms with Crippen LogP contribution in [0.1, 0.15) is 44.2 Å². The fourth-order valence-electron chi connectivity index (χ4n) is 2.70. The molecule has 0 aromatic heterocycles. The Balaban J connectivity index is 0.00000288. The molecule has 0 aliphatic heterocycles. The number of nitrogens with one attached hydrogen (secondary N) is 3. The van der Waals surface area contributed by atoms with Crippen molar-refractivity contribution in [2.24, 2.45) is 4.99 Å². The minimum Gasteiger partial charge on any atom is -0.353 e. The number of benzene rings is 1. The molecule has 0 heterocycles. The third-order valence-corrected chi connectivity index (χ3v) is 3.85. The van der Waals surface area contributed by atoms with Gasteiger partial charge < -0.3 is 16.0 Å². The van der Waals surface area contributed by atoms with Gasteiger partial charge in [-0.15, -0.1) is 24.0 Å². The summed E-state index contributed by atoms with van der Waals surface area (Å²) in [6, 6.07) is 8.87. The van der Waals surface area contributed by atoms with E-state index in [1.807, 2.05) is 20.8 Å². The lowest BCUT2D eigenvalue weighted by atomic mass is 10.0. The van der Waals surface area contributed by atoms with Crippen molar-refractivity contribution < 1.29 is 4.79 Å². The van der Waals surface area contributed by atoms with Gasteiger partial charge in [-0.3, -0.25) is 9.79 Å². The fraction of sp³-hybridized carbons (Fsp3) is 0.556. The first-order chi connectivity index (χ1) is 10.8. The molecule has 0 bridgehead atoms. The molecule has 0 radical (unpaired) electrons. The zero-order chi connectivity index (χ0) is 17.0. The van der Waals surface area contributed by atoms with Gasteiger partial charge in [-0.2, -0.15) is 0 Å². The van der Waals surface area contributed by atoms with Crippen LogP contribution in [0.3, 0.4) is 0 Å². The summed E-state index contributed by atoms with van der Waals surface area (Å²) in [7, 11) is 1.72. The fourth-order valence-corrected chi connectivity index (χ4v) is 2.70. The highest BCUT2D eigenvalue weighted by molar-refractivity contribution is 14.0. The number of nitrogens with zero attached hydrogens (tertiary/aromatic N) is 1. The lowest BCUT2D eigenvalue weighted by molar-refractivity contribution is -0.121. The van der Waals surface area contributed by atoms with Gasteiger partial charge in [0.05, 0.1) is 6.54 Å². The number of aryl methyl sites for hydroxylation is 1. The zero-order valence-electron chi connectivity index (χ0n) is 15.1. The summed E-state index contributed by atoms with van der Waals surface area (Å²) in [6.45, 7) is 8.27. The predicted octanol–water partition coefficient (Wildman–Crippen LogP) is 2.55. The summed E-state index contributed by atoms with van der Waals surface area (Å²) in [5.41, 5.74) is 2.50. The molecule has 6 heteroatoms. The van der Waals surface area contributed by atoms with Crippen LogP contribution in [-0.2, 0) is 4.79 Å². The van der Waals surface area contributed by atoms with Gasteiger partial charge in [0.15, 0.2) is 5.96 Å². The molecular weight excluding hydrogens is 415 g/mol. The van der Waals surface area contributed by atoms with Gasteiger partial charge >= 0.3 is 0 Å². The number of carbonyl (C=O) groups excluding carboxylic acids is 1. The van der Waals surface area contributed by atoms with Crippen LogP contribution < -0.4 is 16.0 Å². The molecule has 1 aliphatic carbocycles. The molecule has 3 N–H and O–H groups in total. The summed E-state index contributed by atoms with van der Waals surface area (Å²) in [5, 5.41) is 9.40. The van der Waals surface area contributed by atoms with Gasteiger partial charge in [0, 0.05) is 24.5 Å². The predicted molar refractivity (Wildman–Crippen MR) is 110 cm³/mol. The molecule has 2 atom stereocenters. The van der Waals surface area contributed by atoms with Crippen LogP contribution in [0.5, 0.6) is 0 Å². The Morgan fingerprint density at radius 1 is 1.29 bits per heavy atom. The highest BCUT2D eigenvalue weighted by Crippen LogP contribution is 2.41. The molecule has 2 rings (SSSR count). The van der Waals surface area contributed by atoms with E-state index >= 15 is 0 Å². The highest BCUT2D eigenvalue weighted by Gasteiger charge is 2.39. The van der Waals surface area contributed by atoms with Crippen molar-refractivity contribution in [2.45, 2.75) is 51.6 Å². The number of amides is 1. The van der Waals surface area contributed by atoms with E-state index < -0.39 is 0 Å². The van der Waals surface area contributed by atoms with Crippen molar-refractivity contribution in [3.8, 4) is 0 Å². The van der Waals surface area contributed by atoms with Crippen LogP contribution in [0.25, 0.3) is 0 Å². The Labute approximate surface area is 162 Å². The summed E-state index contributed by atoms with van der Waals surface area (Å²) in [4.78, 5) is 16.1. The van der Waals surface area contributed by atoms with Gasteiger partial charge in [0.25, 0.3) is 0 Å². The van der Waals surface area contributed by atoms with E-state index in [9.17, 15) is 4.79 Å². The van der Waals surface area contributed by atoms with E-state index in [0.29, 0.717) is 17.9 Å². The average Bonchev–Trinajstić information content (AvgIpc) is 3.21. The molecule has 5 nitrogen and oxygen atoms in total. The third kappa shape index (κ3) is 6.30. The second-order valence-electron chi connectivity index (χ2n) is 7.17. The first-order valence-electron chi connectivity index (χ1n) is 8.14. The molecule has 134 valence electrons. The molecule has 1 aromatic rings. The Kier molecular flexibility index (Phi) is 7.51. The van der Waals surface area contributed by atoms with Gasteiger partial charge in [0.1, 0.15) is 0 Å². The molecule has 1 aromatic carbocycles. The minimum atomic E-state index is -0.220. The van der Waals surface area contributed by atoms with Crippen molar-refractivity contribution in [2.75, 3.05) is 13.6 Å².